The fourth-order valence-corrected chi connectivity index (χ4v) is 1.55. The van der Waals surface area contributed by atoms with Crippen LogP contribution in [0.1, 0.15) is 26.7 Å². The number of hydrogen-bond donors (Lipinski definition) is 0. The summed E-state index contributed by atoms with van der Waals surface area (Å²) in [5.74, 6) is 1.65. The molecule has 0 amide bonds. The monoisotopic (exact) mass is 128 g/mol. The Hall–Kier alpha value is -0.0400. The van der Waals surface area contributed by atoms with Crippen molar-refractivity contribution >= 4 is 0 Å². The van der Waals surface area contributed by atoms with Crippen molar-refractivity contribution in [1.29, 1.82) is 0 Å². The number of hydrogen-bond acceptors (Lipinski definition) is 1. The zero-order valence-corrected chi connectivity index (χ0v) is 6.55. The lowest BCUT2D eigenvalue weighted by Crippen LogP contribution is -2.36. The summed E-state index contributed by atoms with van der Waals surface area (Å²) in [6.45, 7) is 4.55. The summed E-state index contributed by atoms with van der Waals surface area (Å²) >= 11 is 0. The molecule has 0 saturated heterocycles. The van der Waals surface area contributed by atoms with Crippen molar-refractivity contribution < 1.29 is 4.74 Å². The quantitative estimate of drug-likeness (QED) is 0.553. The van der Waals surface area contributed by atoms with Crippen LogP contribution < -0.4 is 0 Å². The maximum Gasteiger partial charge on any atom is 0.0602 e. The Bertz CT molecular complexity index is 86.6. The molecule has 9 heavy (non-hydrogen) atoms. The molecular formula is C8H16O. The van der Waals surface area contributed by atoms with Gasteiger partial charge in [0.25, 0.3) is 0 Å². The maximum atomic E-state index is 5.26. The van der Waals surface area contributed by atoms with E-state index < -0.39 is 0 Å². The van der Waals surface area contributed by atoms with E-state index in [4.69, 9.17) is 4.74 Å². The predicted molar refractivity (Wildman–Crippen MR) is 38.4 cm³/mol. The average molecular weight is 128 g/mol. The van der Waals surface area contributed by atoms with Gasteiger partial charge in [0.1, 0.15) is 0 Å². The summed E-state index contributed by atoms with van der Waals surface area (Å²) in [6.07, 6.45) is 3.22. The molecule has 0 spiro atoms. The first kappa shape index (κ1) is 7.07. The molecule has 1 aliphatic rings. The number of methoxy groups -OCH3 is 1. The molecular weight excluding hydrogens is 112 g/mol. The van der Waals surface area contributed by atoms with Crippen LogP contribution in [0.3, 0.4) is 0 Å². The Morgan fingerprint density at radius 3 is 2.11 bits per heavy atom. The van der Waals surface area contributed by atoms with Gasteiger partial charge in [-0.1, -0.05) is 13.8 Å². The molecule has 0 aromatic rings. The first-order valence-corrected chi connectivity index (χ1v) is 3.78. The Balaban J connectivity index is 2.27. The van der Waals surface area contributed by atoms with Crippen molar-refractivity contribution in [1.82, 2.24) is 0 Å². The van der Waals surface area contributed by atoms with E-state index in [1.54, 1.807) is 0 Å². The van der Waals surface area contributed by atoms with Gasteiger partial charge >= 0.3 is 0 Å². The van der Waals surface area contributed by atoms with E-state index in [1.807, 2.05) is 7.11 Å². The minimum atomic E-state index is 0.574. The molecule has 1 aliphatic carbocycles. The largest absolute Gasteiger partial charge is 0.381 e. The van der Waals surface area contributed by atoms with E-state index in [0.29, 0.717) is 6.10 Å². The fourth-order valence-electron chi connectivity index (χ4n) is 1.55. The van der Waals surface area contributed by atoms with E-state index in [2.05, 4.69) is 13.8 Å². The van der Waals surface area contributed by atoms with Gasteiger partial charge in [0, 0.05) is 7.11 Å². The maximum absolute atomic E-state index is 5.26. The van der Waals surface area contributed by atoms with E-state index >= 15 is 0 Å². The molecule has 1 saturated carbocycles. The highest BCUT2D eigenvalue weighted by Gasteiger charge is 2.32. The second kappa shape index (κ2) is 2.70. The second-order valence-corrected chi connectivity index (χ2v) is 3.26. The van der Waals surface area contributed by atoms with E-state index in [-0.39, 0.29) is 0 Å². The zero-order chi connectivity index (χ0) is 6.85. The van der Waals surface area contributed by atoms with Crippen LogP contribution in [0.2, 0.25) is 0 Å². The normalized spacial score (nSPS) is 34.7. The Labute approximate surface area is 57.4 Å². The van der Waals surface area contributed by atoms with Crippen molar-refractivity contribution in [3.05, 3.63) is 0 Å². The molecule has 0 heterocycles. The van der Waals surface area contributed by atoms with Gasteiger partial charge in [-0.05, 0) is 24.7 Å². The van der Waals surface area contributed by atoms with Crippen LogP contribution in [0, 0.1) is 11.8 Å². The molecule has 1 nitrogen and oxygen atoms in total. The molecule has 0 aliphatic heterocycles. The Morgan fingerprint density at radius 1 is 1.33 bits per heavy atom. The molecule has 0 radical (unpaired) electrons. The van der Waals surface area contributed by atoms with Gasteiger partial charge in [-0.2, -0.15) is 0 Å². The van der Waals surface area contributed by atoms with Gasteiger partial charge in [0.05, 0.1) is 6.10 Å². The number of ether oxygens (including phenoxy) is 1. The first-order chi connectivity index (χ1) is 4.25. The van der Waals surface area contributed by atoms with E-state index in [9.17, 15) is 0 Å². The Morgan fingerprint density at radius 2 is 2.00 bits per heavy atom. The van der Waals surface area contributed by atoms with E-state index in [0.717, 1.165) is 11.8 Å². The van der Waals surface area contributed by atoms with Crippen LogP contribution >= 0.6 is 0 Å². The van der Waals surface area contributed by atoms with Crippen molar-refractivity contribution in [2.45, 2.75) is 32.8 Å². The fraction of sp³-hybridized carbons (Fsp3) is 1.00. The van der Waals surface area contributed by atoms with Crippen molar-refractivity contribution in [2.24, 2.45) is 11.8 Å². The summed E-state index contributed by atoms with van der Waals surface area (Å²) in [5.41, 5.74) is 0. The van der Waals surface area contributed by atoms with Crippen LogP contribution in [0.15, 0.2) is 0 Å². The van der Waals surface area contributed by atoms with Crippen LogP contribution in [0.25, 0.3) is 0 Å². The van der Waals surface area contributed by atoms with Crippen LogP contribution in [-0.2, 0) is 4.74 Å². The lowest BCUT2D eigenvalue weighted by Gasteiger charge is -2.38. The van der Waals surface area contributed by atoms with Gasteiger partial charge in [0.2, 0.25) is 0 Å². The van der Waals surface area contributed by atoms with Gasteiger partial charge in [-0.25, -0.2) is 0 Å². The smallest absolute Gasteiger partial charge is 0.0602 e. The molecule has 0 aromatic carbocycles. The zero-order valence-electron chi connectivity index (χ0n) is 6.55. The van der Waals surface area contributed by atoms with E-state index in [1.165, 1.54) is 12.8 Å². The van der Waals surface area contributed by atoms with Crippen LogP contribution in [-0.4, -0.2) is 13.2 Å². The highest BCUT2D eigenvalue weighted by atomic mass is 16.5. The average Bonchev–Trinajstić information content (AvgIpc) is 1.61. The standard InChI is InChI=1S/C8H16O/c1-6(2)7-4-5-8(7)9-3/h6-8H,4-5H2,1-3H3/t7-,8-/m0/s1. The molecule has 0 aromatic heterocycles. The SMILES string of the molecule is CO[C@H]1CC[C@H]1C(C)C. The van der Waals surface area contributed by atoms with Gasteiger partial charge in [-0.3, -0.25) is 0 Å². The third-order valence-electron chi connectivity index (χ3n) is 2.42. The summed E-state index contributed by atoms with van der Waals surface area (Å²) in [4.78, 5) is 0. The minimum absolute atomic E-state index is 0.574. The molecule has 0 unspecified atom stereocenters. The Kier molecular flexibility index (Phi) is 2.12. The van der Waals surface area contributed by atoms with Crippen molar-refractivity contribution in [3.8, 4) is 0 Å². The third kappa shape index (κ3) is 1.26. The molecule has 1 heteroatoms. The summed E-state index contributed by atoms with van der Waals surface area (Å²) in [7, 11) is 1.82. The molecule has 1 rings (SSSR count). The molecule has 1 fully saturated rings. The second-order valence-electron chi connectivity index (χ2n) is 3.26. The molecule has 2 atom stereocenters. The highest BCUT2D eigenvalue weighted by molar-refractivity contribution is 4.83. The molecule has 0 bridgehead atoms. The summed E-state index contributed by atoms with van der Waals surface area (Å²) in [6, 6.07) is 0. The lowest BCUT2D eigenvalue weighted by molar-refractivity contribution is -0.0361. The lowest BCUT2D eigenvalue weighted by atomic mass is 9.75. The number of rotatable bonds is 2. The van der Waals surface area contributed by atoms with Crippen LogP contribution in [0.5, 0.6) is 0 Å². The van der Waals surface area contributed by atoms with Gasteiger partial charge < -0.3 is 4.74 Å². The van der Waals surface area contributed by atoms with Gasteiger partial charge in [0.15, 0.2) is 0 Å². The van der Waals surface area contributed by atoms with Crippen molar-refractivity contribution in [2.75, 3.05) is 7.11 Å². The molecule has 0 N–H and O–H groups in total. The predicted octanol–water partition coefficient (Wildman–Crippen LogP) is 2.07. The third-order valence-corrected chi connectivity index (χ3v) is 2.42. The van der Waals surface area contributed by atoms with Gasteiger partial charge in [-0.15, -0.1) is 0 Å². The topological polar surface area (TPSA) is 9.23 Å². The molecule has 54 valence electrons. The van der Waals surface area contributed by atoms with Crippen LogP contribution in [0.4, 0.5) is 0 Å². The summed E-state index contributed by atoms with van der Waals surface area (Å²) in [5, 5.41) is 0. The minimum Gasteiger partial charge on any atom is -0.381 e. The summed E-state index contributed by atoms with van der Waals surface area (Å²) < 4.78 is 5.26. The van der Waals surface area contributed by atoms with Crippen molar-refractivity contribution in [3.63, 3.8) is 0 Å². The first-order valence-electron chi connectivity index (χ1n) is 3.78. The highest BCUT2D eigenvalue weighted by Crippen LogP contribution is 2.35.